The van der Waals surface area contributed by atoms with Crippen molar-refractivity contribution in [3.8, 4) is 11.5 Å². The van der Waals surface area contributed by atoms with Crippen LogP contribution >= 0.6 is 34.2 Å². The van der Waals surface area contributed by atoms with Gasteiger partial charge in [-0.05, 0) is 64.6 Å². The number of cyclic esters (lactones) is 1. The number of nitrogens with zero attached hydrogens (tertiary/aromatic N) is 1. The van der Waals surface area contributed by atoms with Gasteiger partial charge < -0.3 is 14.2 Å². The Morgan fingerprint density at radius 3 is 2.61 bits per heavy atom. The highest BCUT2D eigenvalue weighted by Crippen LogP contribution is 2.31. The fourth-order valence-corrected chi connectivity index (χ4v) is 3.74. The maximum absolute atomic E-state index is 12.3. The van der Waals surface area contributed by atoms with Gasteiger partial charge in [0.05, 0.1) is 17.7 Å². The van der Waals surface area contributed by atoms with Gasteiger partial charge in [0.1, 0.15) is 6.61 Å². The summed E-state index contributed by atoms with van der Waals surface area (Å²) in [5.41, 5.74) is 2.57. The molecule has 3 aromatic carbocycles. The van der Waals surface area contributed by atoms with Gasteiger partial charge in [-0.15, -0.1) is 0 Å². The molecular formula is C24H17ClINO4. The summed E-state index contributed by atoms with van der Waals surface area (Å²) in [7, 11) is 1.57. The lowest BCUT2D eigenvalue weighted by Gasteiger charge is -2.12. The average Bonchev–Trinajstić information content (AvgIpc) is 3.13. The number of rotatable bonds is 6. The Bertz CT molecular complexity index is 1210. The molecule has 0 radical (unpaired) electrons. The quantitative estimate of drug-likeness (QED) is 0.221. The Morgan fingerprint density at radius 1 is 1.06 bits per heavy atom. The minimum Gasteiger partial charge on any atom is -0.493 e. The topological polar surface area (TPSA) is 57.1 Å². The molecule has 1 aliphatic heterocycles. The van der Waals surface area contributed by atoms with Crippen molar-refractivity contribution in [3.05, 3.63) is 97.7 Å². The number of ether oxygens (including phenoxy) is 3. The van der Waals surface area contributed by atoms with E-state index in [-0.39, 0.29) is 11.6 Å². The second kappa shape index (κ2) is 9.53. The average molecular weight is 546 g/mol. The number of halogens is 2. The van der Waals surface area contributed by atoms with Crippen molar-refractivity contribution in [2.45, 2.75) is 6.61 Å². The van der Waals surface area contributed by atoms with Gasteiger partial charge >= 0.3 is 5.97 Å². The van der Waals surface area contributed by atoms with Gasteiger partial charge in [-0.3, -0.25) is 0 Å². The van der Waals surface area contributed by atoms with Crippen molar-refractivity contribution in [2.75, 3.05) is 7.11 Å². The molecule has 31 heavy (non-hydrogen) atoms. The van der Waals surface area contributed by atoms with E-state index in [1.165, 1.54) is 0 Å². The number of methoxy groups -OCH3 is 1. The number of carbonyl (C=O) groups is 1. The smallest absolute Gasteiger partial charge is 0.363 e. The van der Waals surface area contributed by atoms with Crippen LogP contribution in [0.4, 0.5) is 0 Å². The number of hydrogen-bond donors (Lipinski definition) is 0. The highest BCUT2D eigenvalue weighted by Gasteiger charge is 2.25. The van der Waals surface area contributed by atoms with Crippen molar-refractivity contribution in [1.82, 2.24) is 0 Å². The highest BCUT2D eigenvalue weighted by molar-refractivity contribution is 14.1. The maximum atomic E-state index is 12.3. The molecule has 0 atom stereocenters. The normalized spacial score (nSPS) is 14.4. The van der Waals surface area contributed by atoms with Crippen LogP contribution in [0.2, 0.25) is 5.02 Å². The van der Waals surface area contributed by atoms with Crippen molar-refractivity contribution < 1.29 is 19.0 Å². The van der Waals surface area contributed by atoms with Crippen LogP contribution < -0.4 is 9.47 Å². The molecule has 0 bridgehead atoms. The summed E-state index contributed by atoms with van der Waals surface area (Å²) < 4.78 is 17.8. The number of esters is 1. The molecule has 0 aromatic heterocycles. The van der Waals surface area contributed by atoms with Crippen LogP contribution in [0.1, 0.15) is 16.7 Å². The van der Waals surface area contributed by atoms with Crippen LogP contribution in [-0.2, 0) is 16.1 Å². The number of carbonyl (C=O) groups excluding carboxylic acids is 1. The predicted molar refractivity (Wildman–Crippen MR) is 129 cm³/mol. The van der Waals surface area contributed by atoms with E-state index < -0.39 is 5.97 Å². The first-order valence-electron chi connectivity index (χ1n) is 9.37. The van der Waals surface area contributed by atoms with Crippen LogP contribution in [-0.4, -0.2) is 19.0 Å². The summed E-state index contributed by atoms with van der Waals surface area (Å²) in [4.78, 5) is 16.6. The van der Waals surface area contributed by atoms with Gasteiger partial charge in [-0.25, -0.2) is 9.79 Å². The van der Waals surface area contributed by atoms with Gasteiger partial charge in [0.25, 0.3) is 0 Å². The van der Waals surface area contributed by atoms with E-state index in [4.69, 9.17) is 25.8 Å². The Labute approximate surface area is 198 Å². The summed E-state index contributed by atoms with van der Waals surface area (Å²) >= 11 is 8.46. The molecule has 0 amide bonds. The van der Waals surface area contributed by atoms with Crippen molar-refractivity contribution in [1.29, 1.82) is 0 Å². The zero-order valence-electron chi connectivity index (χ0n) is 16.5. The first kappa shape index (κ1) is 21.4. The maximum Gasteiger partial charge on any atom is 0.363 e. The van der Waals surface area contributed by atoms with E-state index in [9.17, 15) is 4.79 Å². The van der Waals surface area contributed by atoms with E-state index in [1.807, 2.05) is 30.3 Å². The molecule has 0 saturated carbocycles. The first-order valence-corrected chi connectivity index (χ1v) is 10.8. The summed E-state index contributed by atoms with van der Waals surface area (Å²) in [6.45, 7) is 0.424. The number of aliphatic imine (C=N–C) groups is 1. The van der Waals surface area contributed by atoms with Crippen LogP contribution in [0.3, 0.4) is 0 Å². The number of hydrogen-bond acceptors (Lipinski definition) is 5. The fraction of sp³-hybridized carbons (Fsp3) is 0.0833. The van der Waals surface area contributed by atoms with E-state index >= 15 is 0 Å². The molecule has 1 heterocycles. The largest absolute Gasteiger partial charge is 0.493 e. The molecule has 0 unspecified atom stereocenters. The van der Waals surface area contributed by atoms with E-state index in [1.54, 1.807) is 49.6 Å². The van der Waals surface area contributed by atoms with E-state index in [2.05, 4.69) is 27.6 Å². The zero-order valence-corrected chi connectivity index (χ0v) is 19.4. The van der Waals surface area contributed by atoms with Gasteiger partial charge in [-0.1, -0.05) is 48.0 Å². The summed E-state index contributed by atoms with van der Waals surface area (Å²) in [5.74, 6) is 0.819. The Balaban J connectivity index is 1.56. The Hall–Kier alpha value is -2.84. The molecular weight excluding hydrogens is 529 g/mol. The summed E-state index contributed by atoms with van der Waals surface area (Å²) in [5, 5.41) is 0.464. The lowest BCUT2D eigenvalue weighted by atomic mass is 10.1. The molecule has 0 spiro atoms. The molecule has 0 N–H and O–H groups in total. The van der Waals surface area contributed by atoms with Crippen LogP contribution in [0, 0.1) is 3.57 Å². The summed E-state index contributed by atoms with van der Waals surface area (Å²) in [6.07, 6.45) is 1.64. The molecule has 3 aromatic rings. The fourth-order valence-electron chi connectivity index (χ4n) is 2.98. The minimum atomic E-state index is -0.534. The lowest BCUT2D eigenvalue weighted by Crippen LogP contribution is -2.05. The molecule has 5 nitrogen and oxygen atoms in total. The van der Waals surface area contributed by atoms with Gasteiger partial charge in [0.2, 0.25) is 5.90 Å². The second-order valence-corrected chi connectivity index (χ2v) is 8.18. The van der Waals surface area contributed by atoms with Gasteiger partial charge in [0, 0.05) is 9.13 Å². The van der Waals surface area contributed by atoms with Crippen LogP contribution in [0.15, 0.2) is 77.4 Å². The van der Waals surface area contributed by atoms with Crippen LogP contribution in [0.5, 0.6) is 11.5 Å². The van der Waals surface area contributed by atoms with Crippen molar-refractivity contribution in [2.24, 2.45) is 4.99 Å². The molecule has 1 aliphatic rings. The molecule has 156 valence electrons. The second-order valence-electron chi connectivity index (χ2n) is 6.61. The van der Waals surface area contributed by atoms with Gasteiger partial charge in [0.15, 0.2) is 17.2 Å². The molecule has 7 heteroatoms. The van der Waals surface area contributed by atoms with Crippen molar-refractivity contribution in [3.63, 3.8) is 0 Å². The molecule has 0 saturated heterocycles. The third kappa shape index (κ3) is 4.91. The third-order valence-corrected chi connectivity index (χ3v) is 5.94. The predicted octanol–water partition coefficient (Wildman–Crippen LogP) is 5.88. The SMILES string of the molecule is COc1cc(/C=C2\N=C(c3ccccc3Cl)OC2=O)ccc1OCc1ccccc1I. The third-order valence-electron chi connectivity index (χ3n) is 4.56. The van der Waals surface area contributed by atoms with E-state index in [0.29, 0.717) is 28.7 Å². The monoisotopic (exact) mass is 545 g/mol. The Kier molecular flexibility index (Phi) is 6.58. The molecule has 4 rings (SSSR count). The number of benzene rings is 3. The van der Waals surface area contributed by atoms with Crippen LogP contribution in [0.25, 0.3) is 6.08 Å². The molecule has 0 aliphatic carbocycles. The first-order chi connectivity index (χ1) is 15.0. The van der Waals surface area contributed by atoms with Crippen molar-refractivity contribution >= 4 is 52.1 Å². The lowest BCUT2D eigenvalue weighted by molar-refractivity contribution is -0.129. The highest BCUT2D eigenvalue weighted by atomic mass is 127. The minimum absolute atomic E-state index is 0.185. The van der Waals surface area contributed by atoms with E-state index in [0.717, 1.165) is 14.7 Å². The standard InChI is InChI=1S/C24H17ClINO4/c1-29-22-13-15(10-11-21(22)30-14-16-6-2-5-9-19(16)26)12-20-24(28)31-23(27-20)17-7-3-4-8-18(17)25/h2-13H,14H2,1H3/b20-12-. The molecule has 0 fully saturated rings. The summed E-state index contributed by atoms with van der Waals surface area (Å²) in [6, 6.07) is 20.5. The van der Waals surface area contributed by atoms with Gasteiger partial charge in [-0.2, -0.15) is 0 Å². The zero-order chi connectivity index (χ0) is 21.8. The Morgan fingerprint density at radius 2 is 1.84 bits per heavy atom.